The number of carboxylic acids is 1. The van der Waals surface area contributed by atoms with E-state index in [9.17, 15) is 9.59 Å². The van der Waals surface area contributed by atoms with Crippen molar-refractivity contribution in [2.24, 2.45) is 17.3 Å². The second kappa shape index (κ2) is 3.68. The Morgan fingerprint density at radius 2 is 1.93 bits per heavy atom. The zero-order valence-electron chi connectivity index (χ0n) is 9.40. The van der Waals surface area contributed by atoms with E-state index in [4.69, 9.17) is 5.11 Å². The van der Waals surface area contributed by atoms with E-state index >= 15 is 0 Å². The van der Waals surface area contributed by atoms with Gasteiger partial charge < -0.3 is 9.84 Å². The molecule has 1 rings (SSSR count). The van der Waals surface area contributed by atoms with E-state index in [2.05, 4.69) is 4.74 Å². The van der Waals surface area contributed by atoms with Crippen molar-refractivity contribution in [2.75, 3.05) is 7.11 Å². The lowest BCUT2D eigenvalue weighted by Gasteiger charge is -1.99. The van der Waals surface area contributed by atoms with Crippen molar-refractivity contribution >= 4 is 11.9 Å². The smallest absolute Gasteiger partial charge is 0.333 e. The largest absolute Gasteiger partial charge is 0.481 e. The Morgan fingerprint density at radius 3 is 2.27 bits per heavy atom. The highest BCUT2D eigenvalue weighted by Gasteiger charge is 2.61. The lowest BCUT2D eigenvalue weighted by Crippen LogP contribution is -2.03. The minimum atomic E-state index is -0.807. The first kappa shape index (κ1) is 11.8. The summed E-state index contributed by atoms with van der Waals surface area (Å²) in [4.78, 5) is 22.0. The molecule has 0 radical (unpaired) electrons. The van der Waals surface area contributed by atoms with Gasteiger partial charge in [0, 0.05) is 5.57 Å². The van der Waals surface area contributed by atoms with Gasteiger partial charge in [-0.1, -0.05) is 19.9 Å². The first-order valence-corrected chi connectivity index (χ1v) is 4.82. The van der Waals surface area contributed by atoms with Gasteiger partial charge in [-0.05, 0) is 18.3 Å². The molecule has 1 aliphatic rings. The minimum Gasteiger partial charge on any atom is -0.481 e. The topological polar surface area (TPSA) is 63.6 Å². The van der Waals surface area contributed by atoms with Crippen LogP contribution in [0.1, 0.15) is 20.8 Å². The van der Waals surface area contributed by atoms with Gasteiger partial charge in [0.05, 0.1) is 13.0 Å². The van der Waals surface area contributed by atoms with Gasteiger partial charge in [-0.25, -0.2) is 4.79 Å². The van der Waals surface area contributed by atoms with Crippen LogP contribution in [0.25, 0.3) is 0 Å². The van der Waals surface area contributed by atoms with Gasteiger partial charge in [0.2, 0.25) is 0 Å². The molecule has 15 heavy (non-hydrogen) atoms. The summed E-state index contributed by atoms with van der Waals surface area (Å²) in [7, 11) is 1.31. The maximum absolute atomic E-state index is 11.1. The number of carboxylic acid groups (broad SMARTS) is 1. The third-order valence-electron chi connectivity index (χ3n) is 3.11. The second-order valence-corrected chi connectivity index (χ2v) is 4.50. The van der Waals surface area contributed by atoms with Crippen LogP contribution < -0.4 is 0 Å². The Kier molecular flexibility index (Phi) is 2.88. The third-order valence-corrected chi connectivity index (χ3v) is 3.11. The van der Waals surface area contributed by atoms with E-state index < -0.39 is 17.9 Å². The fraction of sp³-hybridized carbons (Fsp3) is 0.636. The zero-order chi connectivity index (χ0) is 11.8. The summed E-state index contributed by atoms with van der Waals surface area (Å²) in [6.45, 7) is 5.41. The molecular formula is C11H16O4. The molecule has 0 aromatic carbocycles. The number of allylic oxidation sites excluding steroid dienone is 1. The van der Waals surface area contributed by atoms with Crippen LogP contribution in [0.2, 0.25) is 0 Å². The summed E-state index contributed by atoms with van der Waals surface area (Å²) in [5, 5.41) is 8.92. The molecule has 1 aliphatic carbocycles. The highest BCUT2D eigenvalue weighted by Crippen LogP contribution is 2.59. The molecule has 84 valence electrons. The molecule has 1 N–H and O–H groups in total. The van der Waals surface area contributed by atoms with Crippen LogP contribution in [0.5, 0.6) is 0 Å². The Morgan fingerprint density at radius 1 is 1.40 bits per heavy atom. The summed E-state index contributed by atoms with van der Waals surface area (Å²) < 4.78 is 4.55. The van der Waals surface area contributed by atoms with E-state index in [1.54, 1.807) is 13.0 Å². The van der Waals surface area contributed by atoms with Crippen molar-refractivity contribution in [1.82, 2.24) is 0 Å². The SMILES string of the molecule is COC(=O)/C(C)=C\[C@H]1[C@@H](C(=O)O)C1(C)C. The maximum atomic E-state index is 11.1. The molecular weight excluding hydrogens is 196 g/mol. The number of hydrogen-bond donors (Lipinski definition) is 1. The number of rotatable bonds is 3. The fourth-order valence-electron chi connectivity index (χ4n) is 1.96. The average molecular weight is 212 g/mol. The molecule has 2 atom stereocenters. The van der Waals surface area contributed by atoms with Crippen LogP contribution >= 0.6 is 0 Å². The lowest BCUT2D eigenvalue weighted by atomic mass is 10.1. The van der Waals surface area contributed by atoms with Crippen molar-refractivity contribution in [3.8, 4) is 0 Å². The molecule has 0 aromatic heterocycles. The van der Waals surface area contributed by atoms with Crippen LogP contribution in [-0.2, 0) is 14.3 Å². The van der Waals surface area contributed by atoms with Crippen LogP contribution in [0.4, 0.5) is 0 Å². The van der Waals surface area contributed by atoms with E-state index in [1.165, 1.54) is 7.11 Å². The van der Waals surface area contributed by atoms with Crippen molar-refractivity contribution in [1.29, 1.82) is 0 Å². The molecule has 4 nitrogen and oxygen atoms in total. The molecule has 0 aromatic rings. The molecule has 1 saturated carbocycles. The van der Waals surface area contributed by atoms with Gasteiger partial charge in [-0.3, -0.25) is 4.79 Å². The van der Waals surface area contributed by atoms with Gasteiger partial charge in [0.15, 0.2) is 0 Å². The molecule has 0 unspecified atom stereocenters. The van der Waals surface area contributed by atoms with Crippen LogP contribution in [-0.4, -0.2) is 24.2 Å². The Balaban J connectivity index is 2.78. The number of ether oxygens (including phenoxy) is 1. The van der Waals surface area contributed by atoms with Gasteiger partial charge in [0.25, 0.3) is 0 Å². The van der Waals surface area contributed by atoms with E-state index in [-0.39, 0.29) is 11.3 Å². The quantitative estimate of drug-likeness (QED) is 0.568. The van der Waals surface area contributed by atoms with Crippen LogP contribution in [0.3, 0.4) is 0 Å². The van der Waals surface area contributed by atoms with Crippen LogP contribution in [0.15, 0.2) is 11.6 Å². The highest BCUT2D eigenvalue weighted by atomic mass is 16.5. The number of aliphatic carboxylic acids is 1. The predicted octanol–water partition coefficient (Wildman–Crippen LogP) is 1.46. The summed E-state index contributed by atoms with van der Waals surface area (Å²) >= 11 is 0. The van der Waals surface area contributed by atoms with Crippen molar-refractivity contribution in [3.63, 3.8) is 0 Å². The molecule has 0 heterocycles. The van der Waals surface area contributed by atoms with Gasteiger partial charge >= 0.3 is 11.9 Å². The molecule has 0 amide bonds. The molecule has 0 aliphatic heterocycles. The summed E-state index contributed by atoms with van der Waals surface area (Å²) in [5.74, 6) is -1.67. The molecule has 0 bridgehead atoms. The number of methoxy groups -OCH3 is 1. The number of carbonyl (C=O) groups is 2. The van der Waals surface area contributed by atoms with Crippen molar-refractivity contribution in [2.45, 2.75) is 20.8 Å². The highest BCUT2D eigenvalue weighted by molar-refractivity contribution is 5.88. The lowest BCUT2D eigenvalue weighted by molar-refractivity contribution is -0.139. The monoisotopic (exact) mass is 212 g/mol. The standard InChI is InChI=1S/C11H16O4/c1-6(10(14)15-4)5-7-8(9(12)13)11(7,2)3/h5,7-8H,1-4H3,(H,12,13)/b6-5-/t7-,8-/m0/s1. The van der Waals surface area contributed by atoms with E-state index in [0.717, 1.165) is 0 Å². The van der Waals surface area contributed by atoms with Gasteiger partial charge in [-0.2, -0.15) is 0 Å². The Labute approximate surface area is 88.9 Å². The summed E-state index contributed by atoms with van der Waals surface area (Å²) in [6, 6.07) is 0. The summed E-state index contributed by atoms with van der Waals surface area (Å²) in [5.41, 5.74) is 0.209. The van der Waals surface area contributed by atoms with Gasteiger partial charge in [0.1, 0.15) is 0 Å². The zero-order valence-corrected chi connectivity index (χ0v) is 9.40. The predicted molar refractivity (Wildman–Crippen MR) is 54.2 cm³/mol. The first-order chi connectivity index (χ1) is 6.82. The van der Waals surface area contributed by atoms with Crippen molar-refractivity contribution in [3.05, 3.63) is 11.6 Å². The maximum Gasteiger partial charge on any atom is 0.333 e. The summed E-state index contributed by atoms with van der Waals surface area (Å²) in [6.07, 6.45) is 1.70. The van der Waals surface area contributed by atoms with E-state index in [1.807, 2.05) is 13.8 Å². The molecule has 0 spiro atoms. The number of esters is 1. The molecule has 1 fully saturated rings. The normalized spacial score (nSPS) is 28.4. The van der Waals surface area contributed by atoms with Crippen molar-refractivity contribution < 1.29 is 19.4 Å². The van der Waals surface area contributed by atoms with Gasteiger partial charge in [-0.15, -0.1) is 0 Å². The molecule has 4 heteroatoms. The first-order valence-electron chi connectivity index (χ1n) is 4.82. The Hall–Kier alpha value is -1.32. The minimum absolute atomic E-state index is 0.0749. The number of hydrogen-bond acceptors (Lipinski definition) is 3. The van der Waals surface area contributed by atoms with Crippen LogP contribution in [0, 0.1) is 17.3 Å². The average Bonchev–Trinajstić information content (AvgIpc) is 2.66. The number of carbonyl (C=O) groups excluding carboxylic acids is 1. The third kappa shape index (κ3) is 2.03. The fourth-order valence-corrected chi connectivity index (χ4v) is 1.96. The van der Waals surface area contributed by atoms with E-state index in [0.29, 0.717) is 5.57 Å². The Bertz CT molecular complexity index is 327. The second-order valence-electron chi connectivity index (χ2n) is 4.50. The molecule has 0 saturated heterocycles.